The average molecular weight is 317 g/mol. The largest absolute Gasteiger partial charge is 0.375 e. The van der Waals surface area contributed by atoms with Crippen molar-refractivity contribution in [3.05, 3.63) is 0 Å². The van der Waals surface area contributed by atoms with E-state index in [0.717, 1.165) is 5.92 Å². The van der Waals surface area contributed by atoms with Gasteiger partial charge in [-0.15, -0.1) is 0 Å². The Morgan fingerprint density at radius 1 is 1.11 bits per heavy atom. The Hall–Kier alpha value is 0.440. The minimum Gasteiger partial charge on any atom is -0.375 e. The van der Waals surface area contributed by atoms with Crippen LogP contribution in [0.4, 0.5) is 0 Å². The first-order valence-corrected chi connectivity index (χ1v) is 8.75. The first-order chi connectivity index (χ1) is 8.54. The quantitative estimate of drug-likeness (QED) is 0.638. The van der Waals surface area contributed by atoms with Crippen LogP contribution in [0.25, 0.3) is 0 Å². The van der Waals surface area contributed by atoms with Crippen molar-refractivity contribution in [2.24, 2.45) is 11.3 Å². The second-order valence-corrected chi connectivity index (χ2v) is 8.02. The smallest absolute Gasteiger partial charge is 0.0656 e. The van der Waals surface area contributed by atoms with Crippen molar-refractivity contribution in [2.75, 3.05) is 0 Å². The Morgan fingerprint density at radius 2 is 1.72 bits per heavy atom. The molecule has 2 aliphatic carbocycles. The van der Waals surface area contributed by atoms with E-state index in [1.807, 2.05) is 0 Å². The maximum atomic E-state index is 6.39. The number of hydrogen-bond acceptors (Lipinski definition) is 1. The summed E-state index contributed by atoms with van der Waals surface area (Å²) in [7, 11) is 0. The highest BCUT2D eigenvalue weighted by Gasteiger charge is 2.54. The van der Waals surface area contributed by atoms with E-state index in [9.17, 15) is 0 Å². The summed E-state index contributed by atoms with van der Waals surface area (Å²) in [6.07, 6.45) is 11.8. The molecule has 0 aliphatic heterocycles. The SMILES string of the molecule is CC(C)CC(C)OC1CC(Br)C12CCCCCC2. The molecule has 2 fully saturated rings. The highest BCUT2D eigenvalue weighted by molar-refractivity contribution is 9.09. The topological polar surface area (TPSA) is 9.23 Å². The van der Waals surface area contributed by atoms with E-state index in [2.05, 4.69) is 36.7 Å². The molecule has 18 heavy (non-hydrogen) atoms. The second-order valence-electron chi connectivity index (χ2n) is 6.92. The summed E-state index contributed by atoms with van der Waals surface area (Å²) in [5.41, 5.74) is 0.474. The fraction of sp³-hybridized carbons (Fsp3) is 1.00. The molecule has 1 nitrogen and oxygen atoms in total. The molecule has 2 aliphatic rings. The maximum Gasteiger partial charge on any atom is 0.0656 e. The van der Waals surface area contributed by atoms with Gasteiger partial charge in [0.2, 0.25) is 0 Å². The van der Waals surface area contributed by atoms with Gasteiger partial charge in [-0.1, -0.05) is 55.5 Å². The van der Waals surface area contributed by atoms with Crippen molar-refractivity contribution in [2.45, 2.75) is 89.2 Å². The van der Waals surface area contributed by atoms with Crippen LogP contribution in [0.2, 0.25) is 0 Å². The zero-order valence-electron chi connectivity index (χ0n) is 12.3. The summed E-state index contributed by atoms with van der Waals surface area (Å²) in [5.74, 6) is 0.741. The molecule has 106 valence electrons. The van der Waals surface area contributed by atoms with Crippen LogP contribution in [-0.2, 0) is 4.74 Å². The van der Waals surface area contributed by atoms with E-state index < -0.39 is 0 Å². The molecule has 3 atom stereocenters. The van der Waals surface area contributed by atoms with E-state index >= 15 is 0 Å². The minimum atomic E-state index is 0.426. The Bertz CT molecular complexity index is 256. The lowest BCUT2D eigenvalue weighted by Crippen LogP contribution is -2.56. The van der Waals surface area contributed by atoms with Gasteiger partial charge >= 0.3 is 0 Å². The van der Waals surface area contributed by atoms with Crippen LogP contribution in [0.15, 0.2) is 0 Å². The summed E-state index contributed by atoms with van der Waals surface area (Å²) in [6.45, 7) is 6.83. The maximum absolute atomic E-state index is 6.39. The number of halogens is 1. The molecule has 3 unspecified atom stereocenters. The van der Waals surface area contributed by atoms with Gasteiger partial charge in [0, 0.05) is 10.2 Å². The van der Waals surface area contributed by atoms with Gasteiger partial charge < -0.3 is 4.74 Å². The predicted octanol–water partition coefficient (Wildman–Crippen LogP) is 5.31. The molecule has 0 aromatic heterocycles. The van der Waals surface area contributed by atoms with Crippen molar-refractivity contribution in [3.63, 3.8) is 0 Å². The molecule has 0 saturated heterocycles. The molecule has 0 N–H and O–H groups in total. The molecule has 0 aromatic rings. The summed E-state index contributed by atoms with van der Waals surface area (Å²) in [4.78, 5) is 0.708. The molecular formula is C16H29BrO. The van der Waals surface area contributed by atoms with Crippen molar-refractivity contribution < 1.29 is 4.74 Å². The highest BCUT2D eigenvalue weighted by atomic mass is 79.9. The fourth-order valence-electron chi connectivity index (χ4n) is 3.91. The number of ether oxygens (including phenoxy) is 1. The van der Waals surface area contributed by atoms with E-state index in [1.165, 1.54) is 51.4 Å². The number of alkyl halides is 1. The molecule has 2 saturated carbocycles. The second kappa shape index (κ2) is 6.26. The zero-order valence-corrected chi connectivity index (χ0v) is 13.8. The van der Waals surface area contributed by atoms with Crippen molar-refractivity contribution in [1.82, 2.24) is 0 Å². The first kappa shape index (κ1) is 14.8. The van der Waals surface area contributed by atoms with Gasteiger partial charge in [0.15, 0.2) is 0 Å². The fourth-order valence-corrected chi connectivity index (χ4v) is 5.00. The van der Waals surface area contributed by atoms with Gasteiger partial charge in [-0.3, -0.25) is 0 Å². The molecule has 0 bridgehead atoms. The zero-order chi connectivity index (χ0) is 13.2. The Labute approximate surface area is 121 Å². The standard InChI is InChI=1S/C16H29BrO/c1-12(2)10-13(3)18-15-11-14(17)16(15)8-6-4-5-7-9-16/h12-15H,4-11H2,1-3H3. The monoisotopic (exact) mass is 316 g/mol. The predicted molar refractivity (Wildman–Crippen MR) is 81.3 cm³/mol. The summed E-state index contributed by atoms with van der Waals surface area (Å²) in [5, 5.41) is 0. The van der Waals surface area contributed by atoms with Gasteiger partial charge in [0.1, 0.15) is 0 Å². The molecule has 1 spiro atoms. The van der Waals surface area contributed by atoms with Gasteiger partial charge in [-0.05, 0) is 38.5 Å². The third-order valence-electron chi connectivity index (χ3n) is 4.92. The van der Waals surface area contributed by atoms with Crippen LogP contribution >= 0.6 is 15.9 Å². The molecule has 0 heterocycles. The summed E-state index contributed by atoms with van der Waals surface area (Å²) in [6, 6.07) is 0. The lowest BCUT2D eigenvalue weighted by molar-refractivity contribution is -0.141. The van der Waals surface area contributed by atoms with Crippen LogP contribution in [-0.4, -0.2) is 17.0 Å². The normalized spacial score (nSPS) is 33.2. The van der Waals surface area contributed by atoms with Crippen LogP contribution in [0.3, 0.4) is 0 Å². The van der Waals surface area contributed by atoms with E-state index in [0.29, 0.717) is 22.5 Å². The molecule has 0 amide bonds. The molecule has 2 rings (SSSR count). The van der Waals surface area contributed by atoms with Crippen molar-refractivity contribution in [1.29, 1.82) is 0 Å². The third-order valence-corrected chi connectivity index (χ3v) is 6.21. The molecule has 0 aromatic carbocycles. The van der Waals surface area contributed by atoms with Crippen LogP contribution in [0.1, 0.15) is 72.1 Å². The van der Waals surface area contributed by atoms with E-state index in [1.54, 1.807) is 0 Å². The van der Waals surface area contributed by atoms with Gasteiger partial charge in [-0.25, -0.2) is 0 Å². The third kappa shape index (κ3) is 3.12. The van der Waals surface area contributed by atoms with Crippen molar-refractivity contribution >= 4 is 15.9 Å². The van der Waals surface area contributed by atoms with E-state index in [4.69, 9.17) is 4.74 Å². The van der Waals surface area contributed by atoms with Crippen LogP contribution in [0, 0.1) is 11.3 Å². The molecular weight excluding hydrogens is 288 g/mol. The summed E-state index contributed by atoms with van der Waals surface area (Å²) < 4.78 is 6.39. The Morgan fingerprint density at radius 3 is 2.22 bits per heavy atom. The lowest BCUT2D eigenvalue weighted by atomic mass is 9.61. The molecule has 0 radical (unpaired) electrons. The minimum absolute atomic E-state index is 0.426. The van der Waals surface area contributed by atoms with Crippen LogP contribution in [0.5, 0.6) is 0 Å². The van der Waals surface area contributed by atoms with Gasteiger partial charge in [-0.2, -0.15) is 0 Å². The first-order valence-electron chi connectivity index (χ1n) is 7.84. The van der Waals surface area contributed by atoms with Crippen molar-refractivity contribution in [3.8, 4) is 0 Å². The van der Waals surface area contributed by atoms with Gasteiger partial charge in [0.05, 0.1) is 12.2 Å². The number of hydrogen-bond donors (Lipinski definition) is 0. The number of rotatable bonds is 4. The Kier molecular flexibility index (Phi) is 5.16. The Balaban J connectivity index is 1.92. The summed E-state index contributed by atoms with van der Waals surface area (Å²) >= 11 is 3.91. The van der Waals surface area contributed by atoms with Crippen LogP contribution < -0.4 is 0 Å². The highest BCUT2D eigenvalue weighted by Crippen LogP contribution is 2.56. The van der Waals surface area contributed by atoms with Gasteiger partial charge in [0.25, 0.3) is 0 Å². The lowest BCUT2D eigenvalue weighted by Gasteiger charge is -2.54. The average Bonchev–Trinajstić information content (AvgIpc) is 2.55. The molecule has 2 heteroatoms. The van der Waals surface area contributed by atoms with E-state index in [-0.39, 0.29) is 0 Å².